The van der Waals surface area contributed by atoms with Crippen LogP contribution in [0.5, 0.6) is 0 Å². The van der Waals surface area contributed by atoms with E-state index in [1.54, 1.807) is 14.0 Å². The molecule has 2 amide bonds. The van der Waals surface area contributed by atoms with Gasteiger partial charge in [-0.2, -0.15) is 0 Å². The van der Waals surface area contributed by atoms with Crippen LogP contribution in [-0.4, -0.2) is 49.0 Å². The van der Waals surface area contributed by atoms with Crippen LogP contribution in [0.4, 0.5) is 0 Å². The minimum absolute atomic E-state index is 0.148. The second-order valence-corrected chi connectivity index (χ2v) is 2.82. The van der Waals surface area contributed by atoms with Gasteiger partial charge in [-0.15, -0.1) is 0 Å². The molecule has 5 nitrogen and oxygen atoms in total. The second kappa shape index (κ2) is 4.81. The first-order valence-electron chi connectivity index (χ1n) is 3.96. The standard InChI is InChI=1S/C8H16N2O3/c1-6(9(3)7(2)11)8(12)10(4)13-5/h6H,1-5H3/t6-/m0/s1. The van der Waals surface area contributed by atoms with Gasteiger partial charge in [0, 0.05) is 21.0 Å². The molecular formula is C8H16N2O3. The zero-order valence-electron chi connectivity index (χ0n) is 8.70. The minimum atomic E-state index is -0.498. The molecule has 0 heterocycles. The van der Waals surface area contributed by atoms with Crippen molar-refractivity contribution in [2.45, 2.75) is 19.9 Å². The smallest absolute Gasteiger partial charge is 0.268 e. The van der Waals surface area contributed by atoms with E-state index in [1.165, 1.54) is 26.0 Å². The molecule has 0 aliphatic carbocycles. The minimum Gasteiger partial charge on any atom is -0.334 e. The Labute approximate surface area is 78.2 Å². The summed E-state index contributed by atoms with van der Waals surface area (Å²) in [6.07, 6.45) is 0. The largest absolute Gasteiger partial charge is 0.334 e. The van der Waals surface area contributed by atoms with Crippen molar-refractivity contribution in [3.63, 3.8) is 0 Å². The molecule has 0 rings (SSSR count). The fourth-order valence-corrected chi connectivity index (χ4v) is 0.791. The van der Waals surface area contributed by atoms with Gasteiger partial charge in [-0.25, -0.2) is 5.06 Å². The second-order valence-electron chi connectivity index (χ2n) is 2.82. The molecule has 0 aromatic heterocycles. The highest BCUT2D eigenvalue weighted by Gasteiger charge is 2.22. The number of likely N-dealkylation sites (N-methyl/N-ethyl adjacent to an activating group) is 2. The maximum Gasteiger partial charge on any atom is 0.268 e. The van der Waals surface area contributed by atoms with Crippen molar-refractivity contribution < 1.29 is 14.4 Å². The Bertz CT molecular complexity index is 206. The molecule has 0 saturated heterocycles. The maximum absolute atomic E-state index is 11.4. The fraction of sp³-hybridized carbons (Fsp3) is 0.750. The molecule has 1 atom stereocenters. The highest BCUT2D eigenvalue weighted by Crippen LogP contribution is 2.00. The first-order valence-corrected chi connectivity index (χ1v) is 3.96. The predicted octanol–water partition coefficient (Wildman–Crippen LogP) is -0.127. The summed E-state index contributed by atoms with van der Waals surface area (Å²) in [7, 11) is 4.49. The molecule has 0 spiro atoms. The Kier molecular flexibility index (Phi) is 4.40. The Morgan fingerprint density at radius 1 is 1.31 bits per heavy atom. The lowest BCUT2D eigenvalue weighted by atomic mass is 10.3. The highest BCUT2D eigenvalue weighted by molar-refractivity contribution is 5.85. The number of rotatable bonds is 3. The molecular weight excluding hydrogens is 172 g/mol. The van der Waals surface area contributed by atoms with Gasteiger partial charge in [0.15, 0.2) is 0 Å². The average Bonchev–Trinajstić information content (AvgIpc) is 2.12. The van der Waals surface area contributed by atoms with Crippen molar-refractivity contribution in [1.82, 2.24) is 9.96 Å². The molecule has 0 saturated carbocycles. The van der Waals surface area contributed by atoms with Crippen LogP contribution in [0.25, 0.3) is 0 Å². The third kappa shape index (κ3) is 3.02. The number of nitrogens with zero attached hydrogens (tertiary/aromatic N) is 2. The van der Waals surface area contributed by atoms with Crippen molar-refractivity contribution in [3.8, 4) is 0 Å². The summed E-state index contributed by atoms with van der Waals surface area (Å²) in [5.41, 5.74) is 0. The number of hydrogen-bond donors (Lipinski definition) is 0. The summed E-state index contributed by atoms with van der Waals surface area (Å²) in [5.74, 6) is -0.398. The van der Waals surface area contributed by atoms with Crippen LogP contribution in [0.2, 0.25) is 0 Å². The summed E-state index contributed by atoms with van der Waals surface area (Å²) in [5, 5.41) is 1.10. The monoisotopic (exact) mass is 188 g/mol. The first-order chi connectivity index (χ1) is 5.91. The number of hydrogen-bond acceptors (Lipinski definition) is 3. The van der Waals surface area contributed by atoms with Gasteiger partial charge in [0.2, 0.25) is 5.91 Å². The molecule has 0 bridgehead atoms. The van der Waals surface area contributed by atoms with E-state index >= 15 is 0 Å². The van der Waals surface area contributed by atoms with Crippen LogP contribution in [0.1, 0.15) is 13.8 Å². The molecule has 5 heteroatoms. The van der Waals surface area contributed by atoms with Crippen molar-refractivity contribution in [1.29, 1.82) is 0 Å². The SMILES string of the molecule is CON(C)C(=O)[C@H](C)N(C)C(C)=O. The summed E-state index contributed by atoms with van der Waals surface area (Å²) in [6, 6.07) is -0.498. The van der Waals surface area contributed by atoms with Crippen LogP contribution in [-0.2, 0) is 14.4 Å². The Hall–Kier alpha value is -1.10. The van der Waals surface area contributed by atoms with E-state index in [4.69, 9.17) is 4.84 Å². The van der Waals surface area contributed by atoms with Crippen LogP contribution in [0, 0.1) is 0 Å². The van der Waals surface area contributed by atoms with Gasteiger partial charge < -0.3 is 4.90 Å². The zero-order valence-corrected chi connectivity index (χ0v) is 8.70. The van der Waals surface area contributed by atoms with Gasteiger partial charge in [0.05, 0.1) is 7.11 Å². The number of carbonyl (C=O) groups is 2. The molecule has 0 aliphatic heterocycles. The van der Waals surface area contributed by atoms with Gasteiger partial charge in [0.1, 0.15) is 6.04 Å². The molecule has 0 N–H and O–H groups in total. The normalized spacial score (nSPS) is 12.1. The quantitative estimate of drug-likeness (QED) is 0.580. The summed E-state index contributed by atoms with van der Waals surface area (Å²) in [6.45, 7) is 3.07. The van der Waals surface area contributed by atoms with E-state index in [1.807, 2.05) is 0 Å². The highest BCUT2D eigenvalue weighted by atomic mass is 16.7. The van der Waals surface area contributed by atoms with Crippen molar-refractivity contribution in [2.24, 2.45) is 0 Å². The van der Waals surface area contributed by atoms with Crippen LogP contribution in [0.3, 0.4) is 0 Å². The summed E-state index contributed by atoms with van der Waals surface area (Å²) in [4.78, 5) is 28.4. The summed E-state index contributed by atoms with van der Waals surface area (Å²) < 4.78 is 0. The van der Waals surface area contributed by atoms with E-state index in [-0.39, 0.29) is 11.8 Å². The third-order valence-electron chi connectivity index (χ3n) is 2.02. The molecule has 76 valence electrons. The average molecular weight is 188 g/mol. The first kappa shape index (κ1) is 11.9. The molecule has 0 aliphatic rings. The van der Waals surface area contributed by atoms with Crippen LogP contribution in [0.15, 0.2) is 0 Å². The van der Waals surface area contributed by atoms with Crippen LogP contribution >= 0.6 is 0 Å². The number of amides is 2. The molecule has 0 fully saturated rings. The van der Waals surface area contributed by atoms with E-state index in [0.717, 1.165) is 5.06 Å². The number of carbonyl (C=O) groups excluding carboxylic acids is 2. The van der Waals surface area contributed by atoms with Crippen molar-refractivity contribution in [2.75, 3.05) is 21.2 Å². The zero-order chi connectivity index (χ0) is 10.6. The van der Waals surface area contributed by atoms with E-state index in [0.29, 0.717) is 0 Å². The topological polar surface area (TPSA) is 49.9 Å². The number of hydroxylamine groups is 2. The third-order valence-corrected chi connectivity index (χ3v) is 2.02. The van der Waals surface area contributed by atoms with E-state index in [2.05, 4.69) is 0 Å². The molecule has 0 unspecified atom stereocenters. The van der Waals surface area contributed by atoms with Crippen molar-refractivity contribution in [3.05, 3.63) is 0 Å². The van der Waals surface area contributed by atoms with Gasteiger partial charge in [-0.1, -0.05) is 0 Å². The van der Waals surface area contributed by atoms with E-state index in [9.17, 15) is 9.59 Å². The van der Waals surface area contributed by atoms with Gasteiger partial charge in [-0.3, -0.25) is 14.4 Å². The molecule has 13 heavy (non-hydrogen) atoms. The Morgan fingerprint density at radius 2 is 1.77 bits per heavy atom. The Morgan fingerprint density at radius 3 is 2.08 bits per heavy atom. The molecule has 0 aromatic rings. The Balaban J connectivity index is 4.33. The lowest BCUT2D eigenvalue weighted by Crippen LogP contribution is -2.45. The van der Waals surface area contributed by atoms with Crippen LogP contribution < -0.4 is 0 Å². The maximum atomic E-state index is 11.4. The predicted molar refractivity (Wildman–Crippen MR) is 47.7 cm³/mol. The lowest BCUT2D eigenvalue weighted by Gasteiger charge is -2.25. The molecule has 0 aromatic carbocycles. The van der Waals surface area contributed by atoms with E-state index < -0.39 is 6.04 Å². The van der Waals surface area contributed by atoms with Crippen molar-refractivity contribution >= 4 is 11.8 Å². The lowest BCUT2D eigenvalue weighted by molar-refractivity contribution is -0.174. The summed E-state index contributed by atoms with van der Waals surface area (Å²) >= 11 is 0. The van der Waals surface area contributed by atoms with Gasteiger partial charge in [-0.05, 0) is 6.92 Å². The van der Waals surface area contributed by atoms with Gasteiger partial charge >= 0.3 is 0 Å². The van der Waals surface area contributed by atoms with Gasteiger partial charge in [0.25, 0.3) is 5.91 Å². The molecule has 0 radical (unpaired) electrons. The fourth-order valence-electron chi connectivity index (χ4n) is 0.791.